The summed E-state index contributed by atoms with van der Waals surface area (Å²) in [4.78, 5) is 10.6. The summed E-state index contributed by atoms with van der Waals surface area (Å²) in [6.07, 6.45) is -2.57. The molecule has 0 atom stereocenters. The van der Waals surface area contributed by atoms with Gasteiger partial charge in [-0.1, -0.05) is 28.1 Å². The van der Waals surface area contributed by atoms with Crippen molar-refractivity contribution in [2.24, 2.45) is 0 Å². The Morgan fingerprint density at radius 3 is 2.33 bits per heavy atom. The summed E-state index contributed by atoms with van der Waals surface area (Å²) >= 11 is 3.18. The molecule has 0 spiro atoms. The Bertz CT molecular complexity index is 385. The first-order chi connectivity index (χ1) is 7.00. The molecule has 1 N–H and O–H groups in total. The molecule has 2 nitrogen and oxygen atoms in total. The third-order valence-corrected chi connectivity index (χ3v) is 2.16. The van der Waals surface area contributed by atoms with Gasteiger partial charge in [-0.15, -0.1) is 0 Å². The van der Waals surface area contributed by atoms with Crippen LogP contribution < -0.4 is 0 Å². The molecule has 0 heterocycles. The van der Waals surface area contributed by atoms with Crippen molar-refractivity contribution in [2.45, 2.75) is 6.43 Å². The van der Waals surface area contributed by atoms with E-state index >= 15 is 0 Å². The monoisotopic (exact) mass is 276 g/mol. The molecule has 0 saturated carbocycles. The van der Waals surface area contributed by atoms with E-state index in [0.29, 0.717) is 11.6 Å². The lowest BCUT2D eigenvalue weighted by molar-refractivity contribution is -0.124. The summed E-state index contributed by atoms with van der Waals surface area (Å²) in [5.74, 6) is -1.87. The smallest absolute Gasteiger partial charge is 0.300 e. The first-order valence-corrected chi connectivity index (χ1v) is 4.78. The Morgan fingerprint density at radius 1 is 1.33 bits per heavy atom. The number of carbonyl (C=O) groups is 1. The van der Waals surface area contributed by atoms with Crippen molar-refractivity contribution in [2.75, 3.05) is 0 Å². The average Bonchev–Trinajstić information content (AvgIpc) is 2.18. The second-order valence-corrected chi connectivity index (χ2v) is 3.66. The predicted molar refractivity (Wildman–Crippen MR) is 55.8 cm³/mol. The van der Waals surface area contributed by atoms with Crippen molar-refractivity contribution in [3.63, 3.8) is 0 Å². The summed E-state index contributed by atoms with van der Waals surface area (Å²) in [5, 5.41) is 9.32. The lowest BCUT2D eigenvalue weighted by atomic mass is 10.1. The number of halogens is 3. The summed E-state index contributed by atoms with van der Waals surface area (Å²) in [6, 6.07) is 6.28. The van der Waals surface area contributed by atoms with Gasteiger partial charge in [0.15, 0.2) is 0 Å². The molecule has 0 unspecified atom stereocenters. The highest BCUT2D eigenvalue weighted by atomic mass is 79.9. The summed E-state index contributed by atoms with van der Waals surface area (Å²) < 4.78 is 24.5. The molecule has 80 valence electrons. The maximum Gasteiger partial charge on any atom is 0.300 e. The number of allylic oxidation sites excluding steroid dienone is 1. The summed E-state index contributed by atoms with van der Waals surface area (Å²) in [6.45, 7) is 0. The molecule has 0 fully saturated rings. The van der Waals surface area contributed by atoms with E-state index in [-0.39, 0.29) is 0 Å². The standard InChI is InChI=1S/C10H7BrF2O2/c11-7-3-1-6(2-4-7)8(14)5-9(15)10(12)13/h1-5,10,14H/b8-5-. The van der Waals surface area contributed by atoms with Crippen LogP contribution in [0.4, 0.5) is 8.78 Å². The highest BCUT2D eigenvalue weighted by Crippen LogP contribution is 2.16. The molecule has 0 aliphatic heterocycles. The number of ketones is 1. The SMILES string of the molecule is O=C(/C=C(\O)c1ccc(Br)cc1)C(F)F. The fourth-order valence-electron chi connectivity index (χ4n) is 0.902. The van der Waals surface area contributed by atoms with Crippen LogP contribution in [0.3, 0.4) is 0 Å². The van der Waals surface area contributed by atoms with Crippen LogP contribution >= 0.6 is 15.9 Å². The van der Waals surface area contributed by atoms with Crippen molar-refractivity contribution in [1.82, 2.24) is 0 Å². The molecule has 1 aromatic carbocycles. The summed E-state index contributed by atoms with van der Waals surface area (Å²) in [5.41, 5.74) is 0.312. The molecular weight excluding hydrogens is 270 g/mol. The molecule has 0 aliphatic rings. The minimum atomic E-state index is -3.09. The number of alkyl halides is 2. The van der Waals surface area contributed by atoms with Crippen molar-refractivity contribution >= 4 is 27.5 Å². The van der Waals surface area contributed by atoms with Crippen LogP contribution in [0.25, 0.3) is 5.76 Å². The van der Waals surface area contributed by atoms with Crippen LogP contribution in [-0.2, 0) is 4.79 Å². The van der Waals surface area contributed by atoms with Crippen molar-refractivity contribution in [3.05, 3.63) is 40.4 Å². The van der Waals surface area contributed by atoms with Gasteiger partial charge >= 0.3 is 0 Å². The van der Waals surface area contributed by atoms with E-state index in [9.17, 15) is 18.7 Å². The van der Waals surface area contributed by atoms with E-state index < -0.39 is 18.0 Å². The number of carbonyl (C=O) groups excluding carboxylic acids is 1. The predicted octanol–water partition coefficient (Wildman–Crippen LogP) is 3.18. The Labute approximate surface area is 93.4 Å². The van der Waals surface area contributed by atoms with E-state index in [0.717, 1.165) is 4.47 Å². The molecule has 1 rings (SSSR count). The van der Waals surface area contributed by atoms with Gasteiger partial charge in [-0.2, -0.15) is 0 Å². The van der Waals surface area contributed by atoms with Gasteiger partial charge in [0, 0.05) is 16.1 Å². The maximum atomic E-state index is 11.9. The van der Waals surface area contributed by atoms with Crippen LogP contribution in [0, 0.1) is 0 Å². The molecule has 0 aromatic heterocycles. The zero-order chi connectivity index (χ0) is 11.4. The summed E-state index contributed by atoms with van der Waals surface area (Å²) in [7, 11) is 0. The van der Waals surface area contributed by atoms with Gasteiger partial charge in [0.05, 0.1) is 0 Å². The van der Waals surface area contributed by atoms with Gasteiger partial charge < -0.3 is 5.11 Å². The lowest BCUT2D eigenvalue weighted by Gasteiger charge is -2.00. The van der Waals surface area contributed by atoms with Crippen molar-refractivity contribution in [3.8, 4) is 0 Å². The molecule has 5 heteroatoms. The Balaban J connectivity index is 2.89. The van der Waals surface area contributed by atoms with Crippen LogP contribution in [0.2, 0.25) is 0 Å². The second kappa shape index (κ2) is 5.02. The normalized spacial score (nSPS) is 11.9. The minimum Gasteiger partial charge on any atom is -0.507 e. The number of hydrogen-bond acceptors (Lipinski definition) is 2. The van der Waals surface area contributed by atoms with E-state index in [4.69, 9.17) is 0 Å². The van der Waals surface area contributed by atoms with Gasteiger partial charge in [0.2, 0.25) is 5.78 Å². The molecule has 0 amide bonds. The van der Waals surface area contributed by atoms with Gasteiger partial charge in [-0.25, -0.2) is 8.78 Å². The first kappa shape index (κ1) is 11.8. The maximum absolute atomic E-state index is 11.9. The van der Waals surface area contributed by atoms with Crippen LogP contribution in [0.5, 0.6) is 0 Å². The number of benzene rings is 1. The molecule has 1 aromatic rings. The largest absolute Gasteiger partial charge is 0.507 e. The highest BCUT2D eigenvalue weighted by molar-refractivity contribution is 9.10. The van der Waals surface area contributed by atoms with E-state index in [2.05, 4.69) is 15.9 Å². The highest BCUT2D eigenvalue weighted by Gasteiger charge is 2.13. The molecule has 15 heavy (non-hydrogen) atoms. The van der Waals surface area contributed by atoms with Gasteiger partial charge in [0.1, 0.15) is 5.76 Å². The number of hydrogen-bond donors (Lipinski definition) is 1. The molecule has 0 aliphatic carbocycles. The van der Waals surface area contributed by atoms with Crippen molar-refractivity contribution < 1.29 is 18.7 Å². The number of rotatable bonds is 3. The molecular formula is C10H7BrF2O2. The number of aliphatic hydroxyl groups excluding tert-OH is 1. The van der Waals surface area contributed by atoms with Gasteiger partial charge in [-0.05, 0) is 12.1 Å². The quantitative estimate of drug-likeness (QED) is 0.680. The zero-order valence-corrected chi connectivity index (χ0v) is 9.04. The van der Waals surface area contributed by atoms with Gasteiger partial charge in [0.25, 0.3) is 6.43 Å². The molecule has 0 radical (unpaired) electrons. The van der Waals surface area contributed by atoms with Gasteiger partial charge in [-0.3, -0.25) is 4.79 Å². The Hall–Kier alpha value is -1.23. The topological polar surface area (TPSA) is 37.3 Å². The zero-order valence-electron chi connectivity index (χ0n) is 7.45. The second-order valence-electron chi connectivity index (χ2n) is 2.74. The van der Waals surface area contributed by atoms with Crippen LogP contribution in [0.1, 0.15) is 5.56 Å². The minimum absolute atomic E-state index is 0.312. The number of aliphatic hydroxyl groups is 1. The Kier molecular flexibility index (Phi) is 3.96. The van der Waals surface area contributed by atoms with Crippen LogP contribution in [0.15, 0.2) is 34.8 Å². The van der Waals surface area contributed by atoms with E-state index in [1.54, 1.807) is 12.1 Å². The fraction of sp³-hybridized carbons (Fsp3) is 0.100. The third kappa shape index (κ3) is 3.43. The molecule has 0 bridgehead atoms. The third-order valence-electron chi connectivity index (χ3n) is 1.63. The first-order valence-electron chi connectivity index (χ1n) is 3.99. The van der Waals surface area contributed by atoms with E-state index in [1.807, 2.05) is 0 Å². The lowest BCUT2D eigenvalue weighted by Crippen LogP contribution is -2.06. The van der Waals surface area contributed by atoms with E-state index in [1.165, 1.54) is 12.1 Å². The van der Waals surface area contributed by atoms with Crippen molar-refractivity contribution in [1.29, 1.82) is 0 Å². The molecule has 0 saturated heterocycles. The van der Waals surface area contributed by atoms with Crippen LogP contribution in [-0.4, -0.2) is 17.3 Å². The average molecular weight is 277 g/mol. The Morgan fingerprint density at radius 2 is 1.87 bits per heavy atom. The fourth-order valence-corrected chi connectivity index (χ4v) is 1.17.